The summed E-state index contributed by atoms with van der Waals surface area (Å²) in [6, 6.07) is 13.2. The molecule has 5 rings (SSSR count). The second-order valence-electron chi connectivity index (χ2n) is 9.80. The van der Waals surface area contributed by atoms with E-state index in [9.17, 15) is 18.7 Å². The van der Waals surface area contributed by atoms with Gasteiger partial charge >= 0.3 is 0 Å². The maximum atomic E-state index is 15.6. The van der Waals surface area contributed by atoms with Crippen molar-refractivity contribution in [2.45, 2.75) is 37.9 Å². The van der Waals surface area contributed by atoms with Crippen LogP contribution in [0, 0.1) is 6.92 Å². The predicted molar refractivity (Wildman–Crippen MR) is 135 cm³/mol. The lowest BCUT2D eigenvalue weighted by Gasteiger charge is -2.48. The lowest BCUT2D eigenvalue weighted by atomic mass is 9.82. The molecule has 0 saturated carbocycles. The van der Waals surface area contributed by atoms with Gasteiger partial charge in [0, 0.05) is 43.0 Å². The van der Waals surface area contributed by atoms with Crippen LogP contribution in [-0.4, -0.2) is 54.1 Å². The van der Waals surface area contributed by atoms with E-state index in [2.05, 4.69) is 10.3 Å². The van der Waals surface area contributed by atoms with Crippen LogP contribution in [0.3, 0.4) is 0 Å². The monoisotopic (exact) mass is 511 g/mol. The van der Waals surface area contributed by atoms with Crippen molar-refractivity contribution in [2.75, 3.05) is 36.6 Å². The number of aliphatic hydroxyl groups is 1. The number of aromatic nitrogens is 1. The Hall–Kier alpha value is -3.43. The molecule has 2 aromatic carbocycles. The Morgan fingerprint density at radius 3 is 2.81 bits per heavy atom. The number of halogens is 3. The standard InChI is InChI=1S/C28H28F3N3O3/c1-17-3-6-21(33-26(36)19-7-8-32-24(12-19)27(2,29)30)13-22(17)18-4-5-20-14-28(31,16-35)25-15-37-10-9-34(25)23(20)11-18/h3-8,11-13,25,35H,9-10,14-16H2,1-2H3,(H,33,36)/t25-,28+/m1/s1. The average molecular weight is 512 g/mol. The van der Waals surface area contributed by atoms with Gasteiger partial charge in [-0.3, -0.25) is 9.78 Å². The van der Waals surface area contributed by atoms with Gasteiger partial charge < -0.3 is 20.1 Å². The number of ether oxygens (including phenoxy) is 1. The zero-order chi connectivity index (χ0) is 26.4. The largest absolute Gasteiger partial charge is 0.393 e. The fourth-order valence-corrected chi connectivity index (χ4v) is 5.09. The molecule has 2 atom stereocenters. The quantitative estimate of drug-likeness (QED) is 0.511. The molecule has 1 fully saturated rings. The molecule has 0 radical (unpaired) electrons. The van der Waals surface area contributed by atoms with Crippen LogP contribution in [0.5, 0.6) is 0 Å². The SMILES string of the molecule is Cc1ccc(NC(=O)c2ccnc(C(C)(F)F)c2)cc1-c1ccc2c(c1)N1CCOC[C@@H]1[C@@](F)(CO)C2. The molecule has 37 heavy (non-hydrogen) atoms. The molecule has 0 spiro atoms. The number of nitrogens with zero attached hydrogens (tertiary/aromatic N) is 2. The number of carbonyl (C=O) groups is 1. The summed E-state index contributed by atoms with van der Waals surface area (Å²) >= 11 is 0. The normalized spacial score (nSPS) is 21.2. The zero-order valence-electron chi connectivity index (χ0n) is 20.6. The van der Waals surface area contributed by atoms with Gasteiger partial charge in [0.1, 0.15) is 5.69 Å². The highest BCUT2D eigenvalue weighted by atomic mass is 19.3. The van der Waals surface area contributed by atoms with Crippen molar-refractivity contribution >= 4 is 17.3 Å². The van der Waals surface area contributed by atoms with Crippen molar-refractivity contribution in [1.29, 1.82) is 0 Å². The first kappa shape index (κ1) is 25.2. The summed E-state index contributed by atoms with van der Waals surface area (Å²) in [6.45, 7) is 3.32. The summed E-state index contributed by atoms with van der Waals surface area (Å²) in [6.07, 6.45) is 1.29. The maximum absolute atomic E-state index is 15.6. The lowest BCUT2D eigenvalue weighted by molar-refractivity contribution is -0.0173. The van der Waals surface area contributed by atoms with E-state index in [1.165, 1.54) is 12.3 Å². The number of fused-ring (bicyclic) bond motifs is 3. The van der Waals surface area contributed by atoms with Gasteiger partial charge in [0.05, 0.1) is 25.9 Å². The molecule has 194 valence electrons. The van der Waals surface area contributed by atoms with Crippen LogP contribution in [0.15, 0.2) is 54.7 Å². The van der Waals surface area contributed by atoms with E-state index in [0.717, 1.165) is 40.9 Å². The Bertz CT molecular complexity index is 1340. The number of anilines is 2. The number of pyridine rings is 1. The van der Waals surface area contributed by atoms with E-state index in [1.807, 2.05) is 42.2 Å². The Balaban J connectivity index is 1.45. The minimum atomic E-state index is -3.15. The summed E-state index contributed by atoms with van der Waals surface area (Å²) in [4.78, 5) is 18.5. The summed E-state index contributed by atoms with van der Waals surface area (Å²) < 4.78 is 48.4. The molecule has 3 aromatic rings. The third-order valence-corrected chi connectivity index (χ3v) is 7.15. The molecule has 1 saturated heterocycles. The number of morpholine rings is 1. The van der Waals surface area contributed by atoms with Gasteiger partial charge in [-0.25, -0.2) is 4.39 Å². The number of amides is 1. The highest BCUT2D eigenvalue weighted by molar-refractivity contribution is 6.04. The minimum Gasteiger partial charge on any atom is -0.393 e. The van der Waals surface area contributed by atoms with Crippen molar-refractivity contribution < 1.29 is 27.8 Å². The number of aryl methyl sites for hydroxylation is 1. The van der Waals surface area contributed by atoms with Crippen LogP contribution in [0.2, 0.25) is 0 Å². The van der Waals surface area contributed by atoms with E-state index in [-0.39, 0.29) is 18.6 Å². The number of aliphatic hydroxyl groups excluding tert-OH is 1. The smallest absolute Gasteiger partial charge is 0.286 e. The predicted octanol–water partition coefficient (Wildman–Crippen LogP) is 4.88. The molecule has 3 heterocycles. The molecule has 1 amide bonds. The maximum Gasteiger partial charge on any atom is 0.286 e. The van der Waals surface area contributed by atoms with E-state index >= 15 is 4.39 Å². The molecule has 0 unspecified atom stereocenters. The van der Waals surface area contributed by atoms with Gasteiger partial charge in [0.25, 0.3) is 11.8 Å². The third-order valence-electron chi connectivity index (χ3n) is 7.15. The molecule has 0 aliphatic carbocycles. The number of carbonyl (C=O) groups excluding carboxylic acids is 1. The zero-order valence-corrected chi connectivity index (χ0v) is 20.6. The second-order valence-corrected chi connectivity index (χ2v) is 9.80. The fourth-order valence-electron chi connectivity index (χ4n) is 5.09. The Labute approximate surface area is 213 Å². The number of alkyl halides is 3. The fraction of sp³-hybridized carbons (Fsp3) is 0.357. The summed E-state index contributed by atoms with van der Waals surface area (Å²) in [7, 11) is 0. The molecule has 2 aliphatic heterocycles. The van der Waals surface area contributed by atoms with Crippen LogP contribution >= 0.6 is 0 Å². The van der Waals surface area contributed by atoms with Crippen LogP contribution in [0.4, 0.5) is 24.5 Å². The molecule has 1 aromatic heterocycles. The minimum absolute atomic E-state index is 0.0828. The summed E-state index contributed by atoms with van der Waals surface area (Å²) in [5.41, 5.74) is 2.82. The molecule has 9 heteroatoms. The van der Waals surface area contributed by atoms with Crippen molar-refractivity contribution in [1.82, 2.24) is 4.98 Å². The van der Waals surface area contributed by atoms with Gasteiger partial charge in [-0.15, -0.1) is 0 Å². The van der Waals surface area contributed by atoms with Crippen molar-refractivity contribution in [3.05, 3.63) is 77.1 Å². The van der Waals surface area contributed by atoms with Gasteiger partial charge in [-0.1, -0.05) is 18.2 Å². The van der Waals surface area contributed by atoms with E-state index in [4.69, 9.17) is 4.74 Å². The van der Waals surface area contributed by atoms with Gasteiger partial charge in [0.2, 0.25) is 0 Å². The first-order valence-electron chi connectivity index (χ1n) is 12.1. The van der Waals surface area contributed by atoms with Gasteiger partial charge in [0.15, 0.2) is 5.67 Å². The van der Waals surface area contributed by atoms with Crippen LogP contribution in [-0.2, 0) is 17.1 Å². The number of nitrogens with one attached hydrogen (secondary N) is 1. The highest BCUT2D eigenvalue weighted by Gasteiger charge is 2.48. The Morgan fingerprint density at radius 2 is 2.05 bits per heavy atom. The average Bonchev–Trinajstić information content (AvgIpc) is 2.89. The van der Waals surface area contributed by atoms with Crippen molar-refractivity contribution in [2.24, 2.45) is 0 Å². The van der Waals surface area contributed by atoms with E-state index in [0.29, 0.717) is 18.8 Å². The molecular weight excluding hydrogens is 483 g/mol. The number of benzene rings is 2. The van der Waals surface area contributed by atoms with E-state index < -0.39 is 35.8 Å². The van der Waals surface area contributed by atoms with E-state index in [1.54, 1.807) is 6.07 Å². The first-order chi connectivity index (χ1) is 17.6. The van der Waals surface area contributed by atoms with Gasteiger partial charge in [-0.2, -0.15) is 8.78 Å². The summed E-state index contributed by atoms with van der Waals surface area (Å²) in [5, 5.41) is 12.6. The Morgan fingerprint density at radius 1 is 1.24 bits per heavy atom. The molecule has 2 aliphatic rings. The lowest BCUT2D eigenvalue weighted by Crippen LogP contribution is -2.62. The van der Waals surface area contributed by atoms with Crippen LogP contribution in [0.1, 0.15) is 34.1 Å². The molecule has 2 N–H and O–H groups in total. The van der Waals surface area contributed by atoms with Crippen molar-refractivity contribution in [3.8, 4) is 11.1 Å². The number of hydrogen-bond acceptors (Lipinski definition) is 5. The number of rotatable bonds is 5. The number of hydrogen-bond donors (Lipinski definition) is 2. The van der Waals surface area contributed by atoms with Crippen molar-refractivity contribution in [3.63, 3.8) is 0 Å². The molecule has 6 nitrogen and oxygen atoms in total. The molecule has 0 bridgehead atoms. The third kappa shape index (κ3) is 4.81. The van der Waals surface area contributed by atoms with Crippen LogP contribution in [0.25, 0.3) is 11.1 Å². The van der Waals surface area contributed by atoms with Gasteiger partial charge in [-0.05, 0) is 59.5 Å². The topological polar surface area (TPSA) is 74.7 Å². The highest BCUT2D eigenvalue weighted by Crippen LogP contribution is 2.42. The van der Waals surface area contributed by atoms with Crippen LogP contribution < -0.4 is 10.2 Å². The first-order valence-corrected chi connectivity index (χ1v) is 12.1. The molecular formula is C28H28F3N3O3. The summed E-state index contributed by atoms with van der Waals surface area (Å²) in [5.74, 6) is -3.68. The Kier molecular flexibility index (Phi) is 6.45. The second kappa shape index (κ2) is 9.46.